The van der Waals surface area contributed by atoms with Crippen molar-refractivity contribution in [2.24, 2.45) is 17.3 Å². The van der Waals surface area contributed by atoms with Crippen molar-refractivity contribution in [2.45, 2.75) is 57.1 Å². The Kier molecular flexibility index (Phi) is 5.05. The highest BCUT2D eigenvalue weighted by Crippen LogP contribution is 2.62. The zero-order valence-electron chi connectivity index (χ0n) is 17.9. The monoisotopic (exact) mass is 416 g/mol. The molecule has 30 heavy (non-hydrogen) atoms. The van der Waals surface area contributed by atoms with Gasteiger partial charge in [-0.15, -0.1) is 0 Å². The van der Waals surface area contributed by atoms with Crippen LogP contribution in [-0.4, -0.2) is 59.7 Å². The summed E-state index contributed by atoms with van der Waals surface area (Å²) in [7, 11) is 1.61. The Labute approximate surface area is 178 Å². The first-order valence-corrected chi connectivity index (χ1v) is 11.4. The molecule has 0 spiro atoms. The van der Waals surface area contributed by atoms with Crippen LogP contribution in [0.25, 0.3) is 0 Å². The predicted molar refractivity (Wildman–Crippen MR) is 111 cm³/mol. The van der Waals surface area contributed by atoms with Gasteiger partial charge in [0.2, 0.25) is 5.91 Å². The summed E-state index contributed by atoms with van der Waals surface area (Å²) < 4.78 is 19.0. The average molecular weight is 417 g/mol. The van der Waals surface area contributed by atoms with Crippen molar-refractivity contribution in [2.75, 3.05) is 33.3 Å². The summed E-state index contributed by atoms with van der Waals surface area (Å²) in [5.74, 6) is 1.93. The summed E-state index contributed by atoms with van der Waals surface area (Å²) in [5.41, 5.74) is 0.369. The number of carbonyl (C=O) groups excluding carboxylic acids is 1. The molecule has 4 aliphatic carbocycles. The Balaban J connectivity index is 1.17. The van der Waals surface area contributed by atoms with Crippen LogP contribution in [0.5, 0.6) is 5.75 Å². The van der Waals surface area contributed by atoms with Gasteiger partial charge in [0.05, 0.1) is 12.7 Å². The van der Waals surface area contributed by atoms with Crippen LogP contribution in [0.3, 0.4) is 0 Å². The van der Waals surface area contributed by atoms with E-state index in [9.17, 15) is 14.3 Å². The van der Waals surface area contributed by atoms with Gasteiger partial charge in [-0.05, 0) is 74.0 Å². The van der Waals surface area contributed by atoms with E-state index in [1.54, 1.807) is 13.2 Å². The quantitative estimate of drug-likeness (QED) is 0.801. The lowest BCUT2D eigenvalue weighted by molar-refractivity contribution is -0.172. The number of halogens is 1. The number of aliphatic hydroxyl groups is 1. The van der Waals surface area contributed by atoms with Crippen LogP contribution < -0.4 is 4.74 Å². The number of hydrogen-bond acceptors (Lipinski definition) is 4. The van der Waals surface area contributed by atoms with Gasteiger partial charge in [0.15, 0.2) is 0 Å². The summed E-state index contributed by atoms with van der Waals surface area (Å²) in [5, 5.41) is 11.0. The first-order chi connectivity index (χ1) is 14.4. The smallest absolute Gasteiger partial charge is 0.223 e. The molecule has 4 atom stereocenters. The van der Waals surface area contributed by atoms with Crippen LogP contribution >= 0.6 is 0 Å². The van der Waals surface area contributed by atoms with Gasteiger partial charge in [0, 0.05) is 44.7 Å². The van der Waals surface area contributed by atoms with Crippen LogP contribution in [0.2, 0.25) is 0 Å². The lowest BCUT2D eigenvalue weighted by atomic mass is 9.47. The number of carbonyl (C=O) groups is 1. The molecule has 1 aromatic carbocycles. The van der Waals surface area contributed by atoms with Gasteiger partial charge in [-0.25, -0.2) is 4.39 Å². The fraction of sp³-hybridized carbons (Fsp3) is 0.708. The second kappa shape index (κ2) is 7.49. The van der Waals surface area contributed by atoms with E-state index in [1.165, 1.54) is 18.6 Å². The number of rotatable bonds is 5. The molecule has 1 heterocycles. The van der Waals surface area contributed by atoms with Crippen LogP contribution in [0.4, 0.5) is 4.39 Å². The minimum atomic E-state index is -0.507. The SMILES string of the molecule is COc1ccc(F)cc1CN1CCN(C(=O)CC23C[C@@H]4C[C@@H](CC(O)(C4)C2)C3)CC1. The van der Waals surface area contributed by atoms with Crippen molar-refractivity contribution in [3.8, 4) is 5.75 Å². The highest BCUT2D eigenvalue weighted by Gasteiger charge is 2.57. The lowest BCUT2D eigenvalue weighted by Gasteiger charge is -2.60. The van der Waals surface area contributed by atoms with Gasteiger partial charge >= 0.3 is 0 Å². The Morgan fingerprint density at radius 2 is 1.87 bits per heavy atom. The molecule has 5 fully saturated rings. The zero-order valence-corrected chi connectivity index (χ0v) is 17.9. The standard InChI is InChI=1S/C24H33FN2O3/c1-30-21-3-2-20(25)9-19(21)15-26-4-6-27(7-5-26)22(28)14-23-10-17-8-18(11-23)13-24(29,12-17)16-23/h2-3,9,17-18,29H,4-8,10-16H2,1H3/t17-,18+,23?,24?. The van der Waals surface area contributed by atoms with Gasteiger partial charge in [-0.2, -0.15) is 0 Å². The first kappa shape index (κ1) is 20.3. The van der Waals surface area contributed by atoms with Crippen LogP contribution in [0.15, 0.2) is 18.2 Å². The lowest BCUT2D eigenvalue weighted by Crippen LogP contribution is -2.57. The summed E-state index contributed by atoms with van der Waals surface area (Å²) >= 11 is 0. The van der Waals surface area contributed by atoms with E-state index >= 15 is 0 Å². The number of hydrogen-bond donors (Lipinski definition) is 1. The van der Waals surface area contributed by atoms with E-state index < -0.39 is 5.60 Å². The third-order valence-electron chi connectivity index (χ3n) is 8.04. The zero-order chi connectivity index (χ0) is 20.9. The molecule has 4 saturated carbocycles. The molecule has 0 aromatic heterocycles. The fourth-order valence-electron chi connectivity index (χ4n) is 7.31. The Hall–Kier alpha value is -1.66. The van der Waals surface area contributed by atoms with Crippen LogP contribution in [0.1, 0.15) is 50.5 Å². The van der Waals surface area contributed by atoms with E-state index in [0.29, 0.717) is 43.6 Å². The minimum absolute atomic E-state index is 0.0297. The predicted octanol–water partition coefficient (Wildman–Crippen LogP) is 3.20. The van der Waals surface area contributed by atoms with E-state index in [4.69, 9.17) is 4.74 Å². The molecule has 5 nitrogen and oxygen atoms in total. The number of methoxy groups -OCH3 is 1. The molecule has 1 saturated heterocycles. The number of benzene rings is 1. The van der Waals surface area contributed by atoms with Gasteiger partial charge in [-0.3, -0.25) is 9.69 Å². The molecule has 164 valence electrons. The molecule has 1 amide bonds. The third kappa shape index (κ3) is 3.84. The van der Waals surface area contributed by atoms with Crippen LogP contribution in [-0.2, 0) is 11.3 Å². The van der Waals surface area contributed by atoms with Crippen LogP contribution in [0, 0.1) is 23.1 Å². The van der Waals surface area contributed by atoms with Crippen molar-refractivity contribution in [3.05, 3.63) is 29.6 Å². The maximum atomic E-state index is 13.6. The molecule has 1 N–H and O–H groups in total. The summed E-state index contributed by atoms with van der Waals surface area (Å²) in [6, 6.07) is 4.62. The molecule has 5 aliphatic rings. The molecule has 1 aromatic rings. The Morgan fingerprint density at radius 3 is 2.50 bits per heavy atom. The Bertz CT molecular complexity index is 807. The van der Waals surface area contributed by atoms with E-state index in [1.807, 2.05) is 4.90 Å². The van der Waals surface area contributed by atoms with Crippen molar-refractivity contribution in [1.29, 1.82) is 0 Å². The molecule has 6 heteroatoms. The molecule has 6 rings (SSSR count). The van der Waals surface area contributed by atoms with Crippen molar-refractivity contribution in [1.82, 2.24) is 9.80 Å². The topological polar surface area (TPSA) is 53.0 Å². The van der Waals surface area contributed by atoms with E-state index in [2.05, 4.69) is 4.90 Å². The maximum absolute atomic E-state index is 13.6. The molecule has 0 radical (unpaired) electrons. The normalized spacial score (nSPS) is 35.6. The number of amides is 1. The van der Waals surface area contributed by atoms with Gasteiger partial charge in [-0.1, -0.05) is 0 Å². The van der Waals surface area contributed by atoms with E-state index in [-0.39, 0.29) is 17.1 Å². The summed E-state index contributed by atoms with van der Waals surface area (Å²) in [6.45, 7) is 3.62. The summed E-state index contributed by atoms with van der Waals surface area (Å²) in [6.07, 6.45) is 6.80. The minimum Gasteiger partial charge on any atom is -0.496 e. The second-order valence-corrected chi connectivity index (χ2v) is 10.5. The molecule has 4 bridgehead atoms. The highest BCUT2D eigenvalue weighted by molar-refractivity contribution is 5.77. The highest BCUT2D eigenvalue weighted by atomic mass is 19.1. The molecular formula is C24H33FN2O3. The maximum Gasteiger partial charge on any atom is 0.223 e. The Morgan fingerprint density at radius 1 is 1.17 bits per heavy atom. The van der Waals surface area contributed by atoms with Gasteiger partial charge < -0.3 is 14.7 Å². The summed E-state index contributed by atoms with van der Waals surface area (Å²) in [4.78, 5) is 17.4. The fourth-order valence-corrected chi connectivity index (χ4v) is 7.31. The second-order valence-electron chi connectivity index (χ2n) is 10.5. The van der Waals surface area contributed by atoms with Crippen molar-refractivity contribution >= 4 is 5.91 Å². The largest absolute Gasteiger partial charge is 0.496 e. The molecular weight excluding hydrogens is 383 g/mol. The van der Waals surface area contributed by atoms with Gasteiger partial charge in [0.25, 0.3) is 0 Å². The number of ether oxygens (including phenoxy) is 1. The van der Waals surface area contributed by atoms with E-state index in [0.717, 1.165) is 50.8 Å². The van der Waals surface area contributed by atoms with Crippen molar-refractivity contribution in [3.63, 3.8) is 0 Å². The number of piperazine rings is 1. The number of nitrogens with zero attached hydrogens (tertiary/aromatic N) is 2. The average Bonchev–Trinajstić information content (AvgIpc) is 2.66. The van der Waals surface area contributed by atoms with Crippen molar-refractivity contribution < 1.29 is 19.0 Å². The first-order valence-electron chi connectivity index (χ1n) is 11.4. The molecule has 2 unspecified atom stereocenters. The third-order valence-corrected chi connectivity index (χ3v) is 8.04. The molecule has 1 aliphatic heterocycles. The van der Waals surface area contributed by atoms with Gasteiger partial charge in [0.1, 0.15) is 11.6 Å².